The van der Waals surface area contributed by atoms with Gasteiger partial charge in [-0.3, -0.25) is 13.9 Å². The Bertz CT molecular complexity index is 1410. The maximum atomic E-state index is 14.1. The zero-order valence-electron chi connectivity index (χ0n) is 23.0. The number of hydrogen-bond donors (Lipinski definition) is 1. The Morgan fingerprint density at radius 1 is 0.949 bits per heavy atom. The summed E-state index contributed by atoms with van der Waals surface area (Å²) in [6.07, 6.45) is 0.359. The van der Waals surface area contributed by atoms with Crippen LogP contribution in [0, 0.1) is 13.8 Å². The van der Waals surface area contributed by atoms with E-state index in [1.165, 1.54) is 17.0 Å². The minimum Gasteiger partial charge on any atom is -0.352 e. The molecule has 0 spiro atoms. The molecule has 3 aromatic rings. The molecule has 1 N–H and O–H groups in total. The first kappa shape index (κ1) is 30.2. The van der Waals surface area contributed by atoms with E-state index in [1.54, 1.807) is 43.3 Å². The predicted molar refractivity (Wildman–Crippen MR) is 156 cm³/mol. The number of anilines is 1. The fourth-order valence-electron chi connectivity index (χ4n) is 4.39. The summed E-state index contributed by atoms with van der Waals surface area (Å²) < 4.78 is 28.9. The Morgan fingerprint density at radius 2 is 1.64 bits per heavy atom. The minimum absolute atomic E-state index is 0.0482. The first-order valence-corrected chi connectivity index (χ1v) is 14.7. The average Bonchev–Trinajstić information content (AvgIpc) is 2.88. The number of carbonyl (C=O) groups excluding carboxylic acids is 2. The summed E-state index contributed by atoms with van der Waals surface area (Å²) in [5, 5.41) is 3.25. The number of rotatable bonds is 11. The van der Waals surface area contributed by atoms with Crippen LogP contribution in [0.1, 0.15) is 43.9 Å². The lowest BCUT2D eigenvalue weighted by atomic mass is 10.1. The molecule has 3 rings (SSSR count). The van der Waals surface area contributed by atoms with Crippen molar-refractivity contribution < 1.29 is 18.0 Å². The highest BCUT2D eigenvalue weighted by molar-refractivity contribution is 7.92. The second-order valence-corrected chi connectivity index (χ2v) is 12.2. The molecule has 0 bridgehead atoms. The number of nitrogens with zero attached hydrogens (tertiary/aromatic N) is 2. The van der Waals surface area contributed by atoms with Crippen LogP contribution < -0.4 is 9.62 Å². The molecule has 0 aromatic heterocycles. The van der Waals surface area contributed by atoms with Crippen LogP contribution in [0.25, 0.3) is 0 Å². The highest BCUT2D eigenvalue weighted by Crippen LogP contribution is 2.30. The molecule has 0 heterocycles. The van der Waals surface area contributed by atoms with Gasteiger partial charge in [0.25, 0.3) is 10.0 Å². The van der Waals surface area contributed by atoms with Crippen LogP contribution in [0.2, 0.25) is 5.02 Å². The van der Waals surface area contributed by atoms with Gasteiger partial charge < -0.3 is 10.2 Å². The molecule has 0 saturated heterocycles. The molecule has 208 valence electrons. The lowest BCUT2D eigenvalue weighted by molar-refractivity contribution is -0.140. The highest BCUT2D eigenvalue weighted by atomic mass is 35.5. The third kappa shape index (κ3) is 7.61. The zero-order valence-corrected chi connectivity index (χ0v) is 24.6. The lowest BCUT2D eigenvalue weighted by Crippen LogP contribution is -2.53. The van der Waals surface area contributed by atoms with Crippen LogP contribution in [0.3, 0.4) is 0 Å². The quantitative estimate of drug-likeness (QED) is 0.331. The van der Waals surface area contributed by atoms with Gasteiger partial charge in [0, 0.05) is 17.6 Å². The average molecular weight is 570 g/mol. The van der Waals surface area contributed by atoms with Crippen molar-refractivity contribution in [1.82, 2.24) is 10.2 Å². The topological polar surface area (TPSA) is 86.8 Å². The van der Waals surface area contributed by atoms with Crippen molar-refractivity contribution in [2.45, 2.75) is 64.6 Å². The van der Waals surface area contributed by atoms with Gasteiger partial charge in [0.05, 0.1) is 10.6 Å². The molecule has 0 unspecified atom stereocenters. The van der Waals surface area contributed by atoms with Crippen molar-refractivity contribution in [3.05, 3.63) is 94.5 Å². The third-order valence-corrected chi connectivity index (χ3v) is 8.31. The molecule has 0 fully saturated rings. The summed E-state index contributed by atoms with van der Waals surface area (Å²) in [6, 6.07) is 19.7. The molecule has 0 aliphatic carbocycles. The number of carbonyl (C=O) groups is 2. The van der Waals surface area contributed by atoms with Gasteiger partial charge in [-0.2, -0.15) is 0 Å². The zero-order chi connectivity index (χ0) is 28.7. The number of benzene rings is 3. The van der Waals surface area contributed by atoms with Crippen molar-refractivity contribution in [2.75, 3.05) is 10.8 Å². The van der Waals surface area contributed by atoms with Crippen LogP contribution in [0.4, 0.5) is 5.69 Å². The van der Waals surface area contributed by atoms with Crippen molar-refractivity contribution in [1.29, 1.82) is 0 Å². The molecular weight excluding hydrogens is 534 g/mol. The van der Waals surface area contributed by atoms with Crippen LogP contribution in [0.5, 0.6) is 0 Å². The Balaban J connectivity index is 2.10. The van der Waals surface area contributed by atoms with E-state index in [1.807, 2.05) is 52.0 Å². The Labute approximate surface area is 236 Å². The van der Waals surface area contributed by atoms with Crippen LogP contribution in [-0.2, 0) is 26.2 Å². The number of halogens is 1. The molecule has 0 aliphatic rings. The van der Waals surface area contributed by atoms with Gasteiger partial charge in [0.1, 0.15) is 12.6 Å². The van der Waals surface area contributed by atoms with E-state index < -0.39 is 28.5 Å². The maximum Gasteiger partial charge on any atom is 0.264 e. The molecular formula is C30H36ClN3O4S. The third-order valence-electron chi connectivity index (χ3n) is 6.30. The van der Waals surface area contributed by atoms with Crippen LogP contribution >= 0.6 is 11.6 Å². The summed E-state index contributed by atoms with van der Waals surface area (Å²) in [7, 11) is -4.15. The molecule has 0 aliphatic heterocycles. The fourth-order valence-corrected chi connectivity index (χ4v) is 6.05. The molecule has 39 heavy (non-hydrogen) atoms. The van der Waals surface area contributed by atoms with Crippen molar-refractivity contribution in [2.24, 2.45) is 0 Å². The number of hydrogen-bond acceptors (Lipinski definition) is 4. The monoisotopic (exact) mass is 569 g/mol. The van der Waals surface area contributed by atoms with E-state index in [-0.39, 0.29) is 23.4 Å². The first-order valence-electron chi connectivity index (χ1n) is 12.9. The molecule has 0 saturated carbocycles. The SMILES string of the molecule is CC[C@H](C(=O)NC(C)C)N(Cc1cccc(C)c1)C(=O)CN(c1cc(Cl)ccc1C)S(=O)(=O)c1ccccc1. The van der Waals surface area contributed by atoms with Gasteiger partial charge in [-0.15, -0.1) is 0 Å². The Kier molecular flexibility index (Phi) is 10.2. The summed E-state index contributed by atoms with van der Waals surface area (Å²) in [5.41, 5.74) is 2.80. The summed E-state index contributed by atoms with van der Waals surface area (Å²) >= 11 is 6.27. The van der Waals surface area contributed by atoms with Gasteiger partial charge in [0.15, 0.2) is 0 Å². The molecule has 0 radical (unpaired) electrons. The summed E-state index contributed by atoms with van der Waals surface area (Å²) in [6.45, 7) is 8.91. The van der Waals surface area contributed by atoms with E-state index in [0.717, 1.165) is 15.4 Å². The molecule has 9 heteroatoms. The largest absolute Gasteiger partial charge is 0.352 e. The smallest absolute Gasteiger partial charge is 0.264 e. The van der Waals surface area contributed by atoms with Gasteiger partial charge in [0.2, 0.25) is 11.8 Å². The van der Waals surface area contributed by atoms with E-state index >= 15 is 0 Å². The van der Waals surface area contributed by atoms with Crippen molar-refractivity contribution in [3.63, 3.8) is 0 Å². The van der Waals surface area contributed by atoms with Crippen molar-refractivity contribution in [3.8, 4) is 0 Å². The van der Waals surface area contributed by atoms with E-state index in [2.05, 4.69) is 5.32 Å². The van der Waals surface area contributed by atoms with Crippen LogP contribution in [0.15, 0.2) is 77.7 Å². The van der Waals surface area contributed by atoms with Gasteiger partial charge in [-0.1, -0.05) is 72.6 Å². The molecule has 7 nitrogen and oxygen atoms in total. The number of aryl methyl sites for hydroxylation is 2. The fraction of sp³-hybridized carbons (Fsp3) is 0.333. The summed E-state index contributed by atoms with van der Waals surface area (Å²) in [5.74, 6) is -0.786. The van der Waals surface area contributed by atoms with Gasteiger partial charge in [-0.05, 0) is 69.5 Å². The molecule has 3 aromatic carbocycles. The number of amides is 2. The molecule has 1 atom stereocenters. The number of sulfonamides is 1. The highest BCUT2D eigenvalue weighted by Gasteiger charge is 2.34. The van der Waals surface area contributed by atoms with Crippen molar-refractivity contribution >= 4 is 39.1 Å². The first-order chi connectivity index (χ1) is 18.4. The maximum absolute atomic E-state index is 14.1. The van der Waals surface area contributed by atoms with Gasteiger partial charge >= 0.3 is 0 Å². The van der Waals surface area contributed by atoms with E-state index in [9.17, 15) is 18.0 Å². The van der Waals surface area contributed by atoms with E-state index in [4.69, 9.17) is 11.6 Å². The molecule has 2 amide bonds. The van der Waals surface area contributed by atoms with Gasteiger partial charge in [-0.25, -0.2) is 8.42 Å². The predicted octanol–water partition coefficient (Wildman–Crippen LogP) is 5.48. The number of nitrogens with one attached hydrogen (secondary N) is 1. The Morgan fingerprint density at radius 3 is 2.26 bits per heavy atom. The second-order valence-electron chi connectivity index (χ2n) is 9.85. The lowest BCUT2D eigenvalue weighted by Gasteiger charge is -2.34. The normalized spacial score (nSPS) is 12.2. The summed E-state index contributed by atoms with van der Waals surface area (Å²) in [4.78, 5) is 28.8. The standard InChI is InChI=1S/C30H36ClN3O4S/c1-6-27(30(36)32-21(2)3)33(19-24-12-10-11-22(4)17-24)29(35)20-34(28-18-25(31)16-15-23(28)5)39(37,38)26-13-8-7-9-14-26/h7-18,21,27H,6,19-20H2,1-5H3,(H,32,36)/t27-/m1/s1. The van der Waals surface area contributed by atoms with Crippen LogP contribution in [-0.4, -0.2) is 43.8 Å². The Hall–Kier alpha value is -3.36. The second kappa shape index (κ2) is 13.1. The van der Waals surface area contributed by atoms with E-state index in [0.29, 0.717) is 22.7 Å². The minimum atomic E-state index is -4.15.